The zero-order valence-electron chi connectivity index (χ0n) is 13.1. The summed E-state index contributed by atoms with van der Waals surface area (Å²) in [6.45, 7) is 3.74. The van der Waals surface area contributed by atoms with Crippen LogP contribution >= 0.6 is 0 Å². The Kier molecular flexibility index (Phi) is 7.07. The number of benzene rings is 1. The van der Waals surface area contributed by atoms with Crippen molar-refractivity contribution in [2.45, 2.75) is 20.3 Å². The lowest BCUT2D eigenvalue weighted by atomic mass is 10.2. The summed E-state index contributed by atoms with van der Waals surface area (Å²) in [5, 5.41) is 25.5. The molecule has 0 amide bonds. The highest BCUT2D eigenvalue weighted by Gasteiger charge is 2.19. The van der Waals surface area contributed by atoms with E-state index in [9.17, 15) is 25.0 Å². The smallest absolute Gasteiger partial charge is 0.315 e. The quantitative estimate of drug-likeness (QED) is 0.249. The number of hydrogen-bond acceptors (Lipinski definition) is 9. The van der Waals surface area contributed by atoms with Crippen LogP contribution in [0.2, 0.25) is 0 Å². The molecule has 11 nitrogen and oxygen atoms in total. The van der Waals surface area contributed by atoms with Crippen LogP contribution in [0.4, 0.5) is 17.1 Å². The highest BCUT2D eigenvalue weighted by molar-refractivity contribution is 5.94. The molecule has 1 aromatic carbocycles. The second kappa shape index (κ2) is 9.02. The molecule has 1 rings (SSSR count). The molecule has 0 saturated carbocycles. The largest absolute Gasteiger partial charge is 0.480 e. The summed E-state index contributed by atoms with van der Waals surface area (Å²) in [5.41, 5.74) is 1.36. The van der Waals surface area contributed by atoms with E-state index in [4.69, 9.17) is 9.47 Å². The van der Waals surface area contributed by atoms with Gasteiger partial charge in [0.05, 0.1) is 29.1 Å². The van der Waals surface area contributed by atoms with E-state index in [0.29, 0.717) is 0 Å². The number of esters is 1. The van der Waals surface area contributed by atoms with Crippen LogP contribution in [0, 0.1) is 20.2 Å². The predicted molar refractivity (Wildman–Crippen MR) is 83.7 cm³/mol. The Balaban J connectivity index is 3.01. The fraction of sp³-hybridized carbons (Fsp3) is 0.385. The van der Waals surface area contributed by atoms with Crippen molar-refractivity contribution in [1.82, 2.24) is 0 Å². The number of hydrogen-bond donors (Lipinski definition) is 1. The van der Waals surface area contributed by atoms with Crippen LogP contribution in [-0.2, 0) is 14.3 Å². The molecular formula is C13H16N4O7. The van der Waals surface area contributed by atoms with E-state index in [-0.39, 0.29) is 31.2 Å². The maximum absolute atomic E-state index is 11.4. The van der Waals surface area contributed by atoms with Gasteiger partial charge in [-0.25, -0.2) is 0 Å². The monoisotopic (exact) mass is 340 g/mol. The molecule has 0 aromatic heterocycles. The van der Waals surface area contributed by atoms with Crippen LogP contribution in [0.15, 0.2) is 23.3 Å². The zero-order chi connectivity index (χ0) is 18.1. The maximum Gasteiger partial charge on any atom is 0.315 e. The maximum atomic E-state index is 11.4. The summed E-state index contributed by atoms with van der Waals surface area (Å²) >= 11 is 0. The number of anilines is 1. The van der Waals surface area contributed by atoms with Crippen molar-refractivity contribution < 1.29 is 24.1 Å². The number of non-ortho nitro benzene ring substituents is 1. The number of nitro groups is 2. The summed E-state index contributed by atoms with van der Waals surface area (Å²) < 4.78 is 9.92. The van der Waals surface area contributed by atoms with Crippen molar-refractivity contribution in [3.8, 4) is 0 Å². The molecule has 0 saturated heterocycles. The third kappa shape index (κ3) is 5.51. The third-order valence-corrected chi connectivity index (χ3v) is 2.60. The summed E-state index contributed by atoms with van der Waals surface area (Å²) in [5.74, 6) is -0.590. The van der Waals surface area contributed by atoms with Crippen molar-refractivity contribution in [3.63, 3.8) is 0 Å². The van der Waals surface area contributed by atoms with Gasteiger partial charge < -0.3 is 9.47 Å². The first-order valence-corrected chi connectivity index (χ1v) is 6.92. The van der Waals surface area contributed by atoms with Gasteiger partial charge >= 0.3 is 11.7 Å². The molecule has 0 unspecified atom stereocenters. The van der Waals surface area contributed by atoms with Crippen LogP contribution in [-0.4, -0.2) is 34.9 Å². The van der Waals surface area contributed by atoms with Gasteiger partial charge in [-0.05, 0) is 19.9 Å². The van der Waals surface area contributed by atoms with Gasteiger partial charge in [-0.2, -0.15) is 0 Å². The number of nitro benzene ring substituents is 2. The topological polar surface area (TPSA) is 146 Å². The molecule has 0 bridgehead atoms. The molecule has 0 atom stereocenters. The zero-order valence-corrected chi connectivity index (χ0v) is 13.1. The summed E-state index contributed by atoms with van der Waals surface area (Å²) in [4.78, 5) is 31.6. The van der Waals surface area contributed by atoms with Gasteiger partial charge in [-0.1, -0.05) is 0 Å². The van der Waals surface area contributed by atoms with Gasteiger partial charge in [0.2, 0.25) is 5.90 Å². The molecule has 1 N–H and O–H groups in total. The molecular weight excluding hydrogens is 324 g/mol. The SMILES string of the molecule is CCOC(=O)CC(=NNc1ccc([N+](=O)[O-])cc1[N+](=O)[O-])OCC. The van der Waals surface area contributed by atoms with Crippen LogP contribution in [0.5, 0.6) is 0 Å². The van der Waals surface area contributed by atoms with E-state index in [0.717, 1.165) is 18.2 Å². The van der Waals surface area contributed by atoms with Crippen molar-refractivity contribution in [1.29, 1.82) is 0 Å². The lowest BCUT2D eigenvalue weighted by Crippen LogP contribution is -2.15. The Bertz CT molecular complexity index is 660. The third-order valence-electron chi connectivity index (χ3n) is 2.60. The minimum absolute atomic E-state index is 0.0244. The van der Waals surface area contributed by atoms with E-state index in [2.05, 4.69) is 10.5 Å². The molecule has 1 aromatic rings. The standard InChI is InChI=1S/C13H16N4O7/c1-3-23-12(8-13(18)24-4-2)15-14-10-6-5-9(16(19)20)7-11(10)17(21)22/h5-7,14H,3-4,8H2,1-2H3. The van der Waals surface area contributed by atoms with Crippen molar-refractivity contribution >= 4 is 28.9 Å². The lowest BCUT2D eigenvalue weighted by Gasteiger charge is -2.08. The van der Waals surface area contributed by atoms with Gasteiger partial charge in [-0.3, -0.25) is 30.4 Å². The van der Waals surface area contributed by atoms with E-state index < -0.39 is 27.2 Å². The minimum Gasteiger partial charge on any atom is -0.480 e. The summed E-state index contributed by atoms with van der Waals surface area (Å²) in [7, 11) is 0. The van der Waals surface area contributed by atoms with E-state index in [1.165, 1.54) is 0 Å². The Labute approximate surface area is 136 Å². The van der Waals surface area contributed by atoms with Gasteiger partial charge in [0, 0.05) is 6.07 Å². The molecule has 0 aliphatic heterocycles. The highest BCUT2D eigenvalue weighted by Crippen LogP contribution is 2.28. The number of nitrogens with one attached hydrogen (secondary N) is 1. The van der Waals surface area contributed by atoms with Crippen LogP contribution in [0.1, 0.15) is 20.3 Å². The Hall–Kier alpha value is -3.24. The first-order chi connectivity index (χ1) is 11.4. The predicted octanol–water partition coefficient (Wildman–Crippen LogP) is 2.22. The number of ether oxygens (including phenoxy) is 2. The van der Waals surface area contributed by atoms with E-state index in [1.54, 1.807) is 13.8 Å². The molecule has 130 valence electrons. The van der Waals surface area contributed by atoms with E-state index in [1.807, 2.05) is 0 Å². The molecule has 0 aliphatic rings. The first-order valence-electron chi connectivity index (χ1n) is 6.92. The van der Waals surface area contributed by atoms with Crippen LogP contribution in [0.25, 0.3) is 0 Å². The fourth-order valence-electron chi connectivity index (χ4n) is 1.63. The molecule has 24 heavy (non-hydrogen) atoms. The molecule has 0 fully saturated rings. The second-order valence-corrected chi connectivity index (χ2v) is 4.25. The summed E-state index contributed by atoms with van der Waals surface area (Å²) in [6, 6.07) is 3.05. The molecule has 0 spiro atoms. The average molecular weight is 340 g/mol. The van der Waals surface area contributed by atoms with Gasteiger partial charge in [0.1, 0.15) is 12.1 Å². The first kappa shape index (κ1) is 18.8. The number of carbonyl (C=O) groups is 1. The fourth-order valence-corrected chi connectivity index (χ4v) is 1.63. The number of nitrogens with zero attached hydrogens (tertiary/aromatic N) is 3. The molecule has 0 radical (unpaired) electrons. The normalized spacial score (nSPS) is 10.8. The van der Waals surface area contributed by atoms with Gasteiger partial charge in [0.15, 0.2) is 0 Å². The minimum atomic E-state index is -0.781. The molecule has 11 heteroatoms. The van der Waals surface area contributed by atoms with E-state index >= 15 is 0 Å². The average Bonchev–Trinajstić information content (AvgIpc) is 2.52. The molecule has 0 heterocycles. The van der Waals surface area contributed by atoms with Gasteiger partial charge in [-0.15, -0.1) is 5.10 Å². The van der Waals surface area contributed by atoms with Crippen molar-refractivity contribution in [2.24, 2.45) is 5.10 Å². The number of hydrazone groups is 1. The second-order valence-electron chi connectivity index (χ2n) is 4.25. The van der Waals surface area contributed by atoms with Crippen LogP contribution < -0.4 is 5.43 Å². The Morgan fingerprint density at radius 1 is 1.17 bits per heavy atom. The summed E-state index contributed by atoms with van der Waals surface area (Å²) in [6.07, 6.45) is -0.255. The molecule has 0 aliphatic carbocycles. The van der Waals surface area contributed by atoms with Gasteiger partial charge in [0.25, 0.3) is 5.69 Å². The van der Waals surface area contributed by atoms with Crippen molar-refractivity contribution in [2.75, 3.05) is 18.6 Å². The lowest BCUT2D eigenvalue weighted by molar-refractivity contribution is -0.393. The number of rotatable bonds is 8. The number of carbonyl (C=O) groups excluding carboxylic acids is 1. The van der Waals surface area contributed by atoms with Crippen molar-refractivity contribution in [3.05, 3.63) is 38.4 Å². The Morgan fingerprint density at radius 2 is 1.83 bits per heavy atom. The highest BCUT2D eigenvalue weighted by atomic mass is 16.6. The van der Waals surface area contributed by atoms with Crippen LogP contribution in [0.3, 0.4) is 0 Å². The Morgan fingerprint density at radius 3 is 2.38 bits per heavy atom.